The smallest absolute Gasteiger partial charge is 0.137 e. The molecule has 5 heteroatoms. The van der Waals surface area contributed by atoms with Gasteiger partial charge in [0.1, 0.15) is 29.7 Å². The molecule has 0 atom stereocenters. The fraction of sp³-hybridized carbons (Fsp3) is 0.375. The molecule has 0 amide bonds. The number of nitrogens with zero attached hydrogens (tertiary/aromatic N) is 2. The lowest BCUT2D eigenvalue weighted by Gasteiger charge is -2.12. The highest BCUT2D eigenvalue weighted by Gasteiger charge is 2.04. The number of nitrogens with one attached hydrogen (secondary N) is 1. The summed E-state index contributed by atoms with van der Waals surface area (Å²) in [5.41, 5.74) is 3.34. The molecule has 0 saturated carbocycles. The molecule has 1 N–H and O–H groups in total. The van der Waals surface area contributed by atoms with E-state index in [1.54, 1.807) is 0 Å². The van der Waals surface area contributed by atoms with E-state index in [1.165, 1.54) is 11.9 Å². The quantitative estimate of drug-likeness (QED) is 0.651. The van der Waals surface area contributed by atoms with Crippen molar-refractivity contribution in [1.29, 1.82) is 0 Å². The van der Waals surface area contributed by atoms with E-state index in [0.29, 0.717) is 18.3 Å². The Hall–Kier alpha value is -1.81. The molecular formula is C16H20ClN3O. The van der Waals surface area contributed by atoms with Gasteiger partial charge in [0.2, 0.25) is 0 Å². The Morgan fingerprint density at radius 3 is 2.76 bits per heavy atom. The topological polar surface area (TPSA) is 47.0 Å². The summed E-state index contributed by atoms with van der Waals surface area (Å²) in [6.45, 7) is 7.32. The lowest BCUT2D eigenvalue weighted by atomic mass is 10.1. The van der Waals surface area contributed by atoms with Crippen LogP contribution in [0.4, 0.5) is 5.82 Å². The molecular weight excluding hydrogens is 286 g/mol. The van der Waals surface area contributed by atoms with E-state index >= 15 is 0 Å². The van der Waals surface area contributed by atoms with Gasteiger partial charge in [0.25, 0.3) is 0 Å². The number of benzene rings is 1. The van der Waals surface area contributed by atoms with E-state index in [4.69, 9.17) is 16.3 Å². The summed E-state index contributed by atoms with van der Waals surface area (Å²) >= 11 is 5.95. The molecule has 0 bridgehead atoms. The minimum absolute atomic E-state index is 0.472. The highest BCUT2D eigenvalue weighted by molar-refractivity contribution is 6.30. The first-order chi connectivity index (χ1) is 10.1. The van der Waals surface area contributed by atoms with E-state index in [0.717, 1.165) is 29.1 Å². The lowest BCUT2D eigenvalue weighted by Crippen LogP contribution is -2.13. The standard InChI is InChI=1S/C16H20ClN3O/c1-4-13-5-6-14(11(2)9-13)21-8-7-18-16-12(3)15(17)19-10-20-16/h5-6,9-10H,4,7-8H2,1-3H3,(H,18,19,20). The van der Waals surface area contributed by atoms with Crippen LogP contribution in [-0.4, -0.2) is 23.1 Å². The molecule has 4 nitrogen and oxygen atoms in total. The highest BCUT2D eigenvalue weighted by atomic mass is 35.5. The minimum Gasteiger partial charge on any atom is -0.491 e. The summed E-state index contributed by atoms with van der Waals surface area (Å²) in [5.74, 6) is 1.67. The van der Waals surface area contributed by atoms with Gasteiger partial charge in [-0.25, -0.2) is 9.97 Å². The molecule has 21 heavy (non-hydrogen) atoms. The molecule has 0 aliphatic carbocycles. The van der Waals surface area contributed by atoms with E-state index in [9.17, 15) is 0 Å². The largest absolute Gasteiger partial charge is 0.491 e. The Balaban J connectivity index is 1.86. The van der Waals surface area contributed by atoms with E-state index in [-0.39, 0.29) is 0 Å². The van der Waals surface area contributed by atoms with E-state index in [1.807, 2.05) is 13.0 Å². The van der Waals surface area contributed by atoms with Gasteiger partial charge in [-0.2, -0.15) is 0 Å². The molecule has 0 radical (unpaired) electrons. The van der Waals surface area contributed by atoms with Crippen LogP contribution in [0, 0.1) is 13.8 Å². The van der Waals surface area contributed by atoms with E-state index in [2.05, 4.69) is 41.3 Å². The van der Waals surface area contributed by atoms with Crippen LogP contribution in [0.1, 0.15) is 23.6 Å². The van der Waals surface area contributed by atoms with Crippen LogP contribution in [0.25, 0.3) is 0 Å². The molecule has 0 saturated heterocycles. The van der Waals surface area contributed by atoms with Gasteiger partial charge in [0.05, 0.1) is 6.54 Å². The second-order valence-electron chi connectivity index (χ2n) is 4.87. The van der Waals surface area contributed by atoms with Gasteiger partial charge in [0, 0.05) is 5.56 Å². The second kappa shape index (κ2) is 7.27. The Morgan fingerprint density at radius 2 is 2.05 bits per heavy atom. The average molecular weight is 306 g/mol. The van der Waals surface area contributed by atoms with Gasteiger partial charge < -0.3 is 10.1 Å². The van der Waals surface area contributed by atoms with Crippen LogP contribution in [0.15, 0.2) is 24.5 Å². The number of ether oxygens (including phenoxy) is 1. The van der Waals surface area contributed by atoms with Crippen molar-refractivity contribution in [3.63, 3.8) is 0 Å². The summed E-state index contributed by atoms with van der Waals surface area (Å²) in [6, 6.07) is 6.29. The molecule has 1 aromatic carbocycles. The third-order valence-corrected chi connectivity index (χ3v) is 3.70. The lowest BCUT2D eigenvalue weighted by molar-refractivity contribution is 0.330. The fourth-order valence-corrected chi connectivity index (χ4v) is 2.16. The molecule has 0 fully saturated rings. The number of aromatic nitrogens is 2. The number of halogens is 1. The second-order valence-corrected chi connectivity index (χ2v) is 5.22. The Bertz CT molecular complexity index is 616. The number of rotatable bonds is 6. The summed E-state index contributed by atoms with van der Waals surface area (Å²) in [4.78, 5) is 8.09. The zero-order valence-corrected chi connectivity index (χ0v) is 13.4. The van der Waals surface area contributed by atoms with Gasteiger partial charge in [-0.3, -0.25) is 0 Å². The molecule has 0 unspecified atom stereocenters. The third-order valence-electron chi connectivity index (χ3n) is 3.32. The van der Waals surface area contributed by atoms with Gasteiger partial charge in [0.15, 0.2) is 0 Å². The van der Waals surface area contributed by atoms with Crippen LogP contribution in [0.5, 0.6) is 5.75 Å². The molecule has 0 spiro atoms. The van der Waals surface area contributed by atoms with Gasteiger partial charge in [-0.15, -0.1) is 0 Å². The number of anilines is 1. The van der Waals surface area contributed by atoms with Crippen molar-refractivity contribution in [2.45, 2.75) is 27.2 Å². The van der Waals surface area contributed by atoms with Crippen molar-refractivity contribution in [3.8, 4) is 5.75 Å². The Labute approximate surface area is 130 Å². The van der Waals surface area contributed by atoms with Crippen molar-refractivity contribution >= 4 is 17.4 Å². The first-order valence-corrected chi connectivity index (χ1v) is 7.43. The van der Waals surface area contributed by atoms with Crippen molar-refractivity contribution < 1.29 is 4.74 Å². The normalized spacial score (nSPS) is 10.5. The first kappa shape index (κ1) is 15.6. The highest BCUT2D eigenvalue weighted by Crippen LogP contribution is 2.20. The van der Waals surface area contributed by atoms with Crippen molar-refractivity contribution in [3.05, 3.63) is 46.4 Å². The first-order valence-electron chi connectivity index (χ1n) is 7.05. The summed E-state index contributed by atoms with van der Waals surface area (Å²) < 4.78 is 5.79. The summed E-state index contributed by atoms with van der Waals surface area (Å²) in [6.07, 6.45) is 2.49. The zero-order chi connectivity index (χ0) is 15.2. The molecule has 0 aliphatic heterocycles. The van der Waals surface area contributed by atoms with Crippen LogP contribution >= 0.6 is 11.6 Å². The predicted octanol–water partition coefficient (Wildman–Crippen LogP) is 3.80. The summed E-state index contributed by atoms with van der Waals surface area (Å²) in [5, 5.41) is 3.68. The molecule has 112 valence electrons. The van der Waals surface area contributed by atoms with Crippen LogP contribution in [0.3, 0.4) is 0 Å². The molecule has 0 aliphatic rings. The predicted molar refractivity (Wildman–Crippen MR) is 86.3 cm³/mol. The average Bonchev–Trinajstić information content (AvgIpc) is 2.49. The van der Waals surface area contributed by atoms with Crippen LogP contribution < -0.4 is 10.1 Å². The number of hydrogen-bond donors (Lipinski definition) is 1. The van der Waals surface area contributed by atoms with Gasteiger partial charge in [-0.05, 0) is 37.5 Å². The van der Waals surface area contributed by atoms with Crippen LogP contribution in [0.2, 0.25) is 5.15 Å². The van der Waals surface area contributed by atoms with Crippen LogP contribution in [-0.2, 0) is 6.42 Å². The Kier molecular flexibility index (Phi) is 5.39. The maximum absolute atomic E-state index is 5.95. The Morgan fingerprint density at radius 1 is 1.24 bits per heavy atom. The third kappa shape index (κ3) is 4.08. The van der Waals surface area contributed by atoms with Crippen molar-refractivity contribution in [2.24, 2.45) is 0 Å². The van der Waals surface area contributed by atoms with Gasteiger partial charge in [-0.1, -0.05) is 30.7 Å². The van der Waals surface area contributed by atoms with Crippen molar-refractivity contribution in [2.75, 3.05) is 18.5 Å². The number of aryl methyl sites for hydroxylation is 2. The molecule has 2 aromatic rings. The molecule has 1 heterocycles. The minimum atomic E-state index is 0.472. The summed E-state index contributed by atoms with van der Waals surface area (Å²) in [7, 11) is 0. The van der Waals surface area contributed by atoms with Crippen molar-refractivity contribution in [1.82, 2.24) is 9.97 Å². The fourth-order valence-electron chi connectivity index (χ4n) is 2.03. The maximum atomic E-state index is 5.95. The SMILES string of the molecule is CCc1ccc(OCCNc2ncnc(Cl)c2C)c(C)c1. The maximum Gasteiger partial charge on any atom is 0.137 e. The monoisotopic (exact) mass is 305 g/mol. The molecule has 1 aromatic heterocycles. The van der Waals surface area contributed by atoms with E-state index < -0.39 is 0 Å². The number of hydrogen-bond acceptors (Lipinski definition) is 4. The molecule has 2 rings (SSSR count). The zero-order valence-electron chi connectivity index (χ0n) is 12.6. The van der Waals surface area contributed by atoms with Gasteiger partial charge >= 0.3 is 0 Å².